The van der Waals surface area contributed by atoms with E-state index in [1.807, 2.05) is 6.07 Å². The SMILES string of the molecule is Cc1nc(SCC(=O)Nc2ncc(Br)cc2Br)n[nH]1. The second kappa shape index (κ2) is 6.49. The predicted molar refractivity (Wildman–Crippen MR) is 80.1 cm³/mol. The summed E-state index contributed by atoms with van der Waals surface area (Å²) in [6, 6.07) is 1.81. The standard InChI is InChI=1S/C10H9Br2N5OS/c1-5-14-10(17-16-5)19-4-8(18)15-9-7(12)2-6(11)3-13-9/h2-3H,4H2,1H3,(H,13,15,18)(H,14,16,17). The molecule has 0 aliphatic rings. The summed E-state index contributed by atoms with van der Waals surface area (Å²) < 4.78 is 1.55. The van der Waals surface area contributed by atoms with E-state index in [1.165, 1.54) is 11.8 Å². The van der Waals surface area contributed by atoms with Crippen molar-refractivity contribution in [2.24, 2.45) is 0 Å². The Labute approximate surface area is 130 Å². The van der Waals surface area contributed by atoms with E-state index in [4.69, 9.17) is 0 Å². The number of anilines is 1. The number of amides is 1. The number of thioether (sulfide) groups is 1. The van der Waals surface area contributed by atoms with Gasteiger partial charge < -0.3 is 5.32 Å². The maximum Gasteiger partial charge on any atom is 0.236 e. The Balaban J connectivity index is 1.90. The number of rotatable bonds is 4. The molecule has 0 spiro atoms. The minimum absolute atomic E-state index is 0.164. The van der Waals surface area contributed by atoms with Crippen LogP contribution < -0.4 is 5.32 Å². The summed E-state index contributed by atoms with van der Waals surface area (Å²) in [4.78, 5) is 20.0. The van der Waals surface area contributed by atoms with Crippen LogP contribution in [0.25, 0.3) is 0 Å². The van der Waals surface area contributed by atoms with Crippen molar-refractivity contribution in [3.63, 3.8) is 0 Å². The summed E-state index contributed by atoms with van der Waals surface area (Å²) >= 11 is 7.89. The molecule has 0 unspecified atom stereocenters. The van der Waals surface area contributed by atoms with Crippen LogP contribution in [0.5, 0.6) is 0 Å². The quantitative estimate of drug-likeness (QED) is 0.762. The van der Waals surface area contributed by atoms with E-state index in [0.29, 0.717) is 15.4 Å². The fourth-order valence-corrected chi connectivity index (χ4v) is 2.92. The first kappa shape index (κ1) is 14.5. The lowest BCUT2D eigenvalue weighted by atomic mass is 10.4. The van der Waals surface area contributed by atoms with Crippen molar-refractivity contribution in [2.45, 2.75) is 12.1 Å². The van der Waals surface area contributed by atoms with Crippen molar-refractivity contribution < 1.29 is 4.79 Å². The average Bonchev–Trinajstić information content (AvgIpc) is 2.76. The number of H-pyrrole nitrogens is 1. The number of nitrogens with zero attached hydrogens (tertiary/aromatic N) is 3. The molecule has 0 radical (unpaired) electrons. The lowest BCUT2D eigenvalue weighted by Gasteiger charge is -2.05. The maximum atomic E-state index is 11.8. The Kier molecular flexibility index (Phi) is 4.94. The molecule has 0 aliphatic carbocycles. The minimum atomic E-state index is -0.164. The maximum absolute atomic E-state index is 11.8. The zero-order chi connectivity index (χ0) is 13.8. The molecule has 2 aromatic heterocycles. The van der Waals surface area contributed by atoms with Gasteiger partial charge in [-0.15, -0.1) is 5.10 Å². The number of hydrogen-bond acceptors (Lipinski definition) is 5. The average molecular weight is 407 g/mol. The predicted octanol–water partition coefficient (Wildman–Crippen LogP) is 2.76. The number of hydrogen-bond donors (Lipinski definition) is 2. The van der Waals surface area contributed by atoms with Gasteiger partial charge in [-0.1, -0.05) is 11.8 Å². The first-order chi connectivity index (χ1) is 9.04. The number of nitrogens with one attached hydrogen (secondary N) is 2. The molecule has 2 heterocycles. The molecular weight excluding hydrogens is 398 g/mol. The first-order valence-corrected chi connectivity index (χ1v) is 7.74. The molecule has 0 atom stereocenters. The molecule has 2 rings (SSSR count). The highest BCUT2D eigenvalue weighted by Gasteiger charge is 2.09. The number of carbonyl (C=O) groups is 1. The van der Waals surface area contributed by atoms with Crippen molar-refractivity contribution in [1.82, 2.24) is 20.2 Å². The van der Waals surface area contributed by atoms with Crippen LogP contribution >= 0.6 is 43.6 Å². The monoisotopic (exact) mass is 405 g/mol. The van der Waals surface area contributed by atoms with Gasteiger partial charge in [0.05, 0.1) is 10.2 Å². The van der Waals surface area contributed by atoms with Crippen LogP contribution in [0.3, 0.4) is 0 Å². The van der Waals surface area contributed by atoms with Gasteiger partial charge in [-0.2, -0.15) is 0 Å². The van der Waals surface area contributed by atoms with Gasteiger partial charge in [0, 0.05) is 10.7 Å². The van der Waals surface area contributed by atoms with Crippen molar-refractivity contribution in [3.05, 3.63) is 27.0 Å². The zero-order valence-corrected chi connectivity index (χ0v) is 13.8. The number of halogens is 2. The fourth-order valence-electron chi connectivity index (χ4n) is 1.19. The van der Waals surface area contributed by atoms with Crippen molar-refractivity contribution in [3.8, 4) is 0 Å². The normalized spacial score (nSPS) is 10.5. The second-order valence-corrected chi connectivity index (χ2v) is 6.24. The summed E-state index contributed by atoms with van der Waals surface area (Å²) in [5.74, 6) is 1.27. The van der Waals surface area contributed by atoms with E-state index < -0.39 is 0 Å². The van der Waals surface area contributed by atoms with E-state index >= 15 is 0 Å². The van der Waals surface area contributed by atoms with E-state index in [0.717, 1.165) is 10.3 Å². The molecule has 100 valence electrons. The van der Waals surface area contributed by atoms with Crippen molar-refractivity contribution in [2.75, 3.05) is 11.1 Å². The van der Waals surface area contributed by atoms with Gasteiger partial charge in [-0.25, -0.2) is 9.97 Å². The highest BCUT2D eigenvalue weighted by Crippen LogP contribution is 2.23. The molecule has 2 aromatic rings. The molecule has 9 heteroatoms. The summed E-state index contributed by atoms with van der Waals surface area (Å²) in [6.45, 7) is 1.81. The summed E-state index contributed by atoms with van der Waals surface area (Å²) in [7, 11) is 0. The van der Waals surface area contributed by atoms with Gasteiger partial charge >= 0.3 is 0 Å². The Bertz CT molecular complexity index is 603. The highest BCUT2D eigenvalue weighted by molar-refractivity contribution is 9.11. The van der Waals surface area contributed by atoms with Crippen molar-refractivity contribution in [1.29, 1.82) is 0 Å². The van der Waals surface area contributed by atoms with Crippen LogP contribution in [0.15, 0.2) is 26.4 Å². The smallest absolute Gasteiger partial charge is 0.236 e. The van der Waals surface area contributed by atoms with Crippen LogP contribution in [0.1, 0.15) is 5.82 Å². The molecule has 0 saturated heterocycles. The molecule has 0 fully saturated rings. The van der Waals surface area contributed by atoms with Crippen LogP contribution in [-0.4, -0.2) is 31.8 Å². The lowest BCUT2D eigenvalue weighted by molar-refractivity contribution is -0.113. The molecule has 0 saturated carbocycles. The number of carbonyl (C=O) groups excluding carboxylic acids is 1. The number of aromatic amines is 1. The first-order valence-electron chi connectivity index (χ1n) is 5.17. The molecule has 0 aliphatic heterocycles. The largest absolute Gasteiger partial charge is 0.309 e. The Hall–Kier alpha value is -0.930. The van der Waals surface area contributed by atoms with E-state index in [9.17, 15) is 4.79 Å². The number of aromatic nitrogens is 4. The van der Waals surface area contributed by atoms with Crippen molar-refractivity contribution >= 4 is 55.3 Å². The molecule has 19 heavy (non-hydrogen) atoms. The number of pyridine rings is 1. The minimum Gasteiger partial charge on any atom is -0.309 e. The van der Waals surface area contributed by atoms with Gasteiger partial charge in [0.25, 0.3) is 0 Å². The fraction of sp³-hybridized carbons (Fsp3) is 0.200. The Morgan fingerprint density at radius 3 is 2.95 bits per heavy atom. The molecule has 0 aromatic carbocycles. The molecule has 0 bridgehead atoms. The summed E-state index contributed by atoms with van der Waals surface area (Å²) in [5, 5.41) is 9.92. The molecule has 6 nitrogen and oxygen atoms in total. The van der Waals surface area contributed by atoms with Gasteiger partial charge in [-0.3, -0.25) is 9.89 Å². The molecule has 2 N–H and O–H groups in total. The highest BCUT2D eigenvalue weighted by atomic mass is 79.9. The van der Waals surface area contributed by atoms with Gasteiger partial charge in [0.15, 0.2) is 0 Å². The van der Waals surface area contributed by atoms with Crippen LogP contribution in [0.2, 0.25) is 0 Å². The topological polar surface area (TPSA) is 83.6 Å². The van der Waals surface area contributed by atoms with E-state index in [-0.39, 0.29) is 11.7 Å². The van der Waals surface area contributed by atoms with Gasteiger partial charge in [-0.05, 0) is 44.8 Å². The third kappa shape index (κ3) is 4.29. The van der Waals surface area contributed by atoms with Gasteiger partial charge in [0.1, 0.15) is 11.6 Å². The van der Waals surface area contributed by atoms with E-state index in [1.54, 1.807) is 13.1 Å². The Morgan fingerprint density at radius 2 is 2.32 bits per heavy atom. The summed E-state index contributed by atoms with van der Waals surface area (Å²) in [5.41, 5.74) is 0. The summed E-state index contributed by atoms with van der Waals surface area (Å²) in [6.07, 6.45) is 1.62. The lowest BCUT2D eigenvalue weighted by Crippen LogP contribution is -2.15. The second-order valence-electron chi connectivity index (χ2n) is 3.52. The zero-order valence-electron chi connectivity index (χ0n) is 9.78. The Morgan fingerprint density at radius 1 is 1.53 bits per heavy atom. The van der Waals surface area contributed by atoms with Crippen LogP contribution in [0.4, 0.5) is 5.82 Å². The molecule has 1 amide bonds. The molecular formula is C10H9Br2N5OS. The third-order valence-electron chi connectivity index (χ3n) is 1.97. The van der Waals surface area contributed by atoms with Crippen LogP contribution in [0, 0.1) is 6.92 Å². The third-order valence-corrected chi connectivity index (χ3v) is 3.86. The number of aryl methyl sites for hydroxylation is 1. The van der Waals surface area contributed by atoms with E-state index in [2.05, 4.69) is 57.3 Å². The van der Waals surface area contributed by atoms with Gasteiger partial charge in [0.2, 0.25) is 11.1 Å². The van der Waals surface area contributed by atoms with Crippen LogP contribution in [-0.2, 0) is 4.79 Å².